The lowest BCUT2D eigenvalue weighted by molar-refractivity contribution is -0.120. The highest BCUT2D eigenvalue weighted by Crippen LogP contribution is 2.29. The molecule has 0 saturated heterocycles. The first-order chi connectivity index (χ1) is 11.3. The molecule has 2 aromatic carbocycles. The van der Waals surface area contributed by atoms with Gasteiger partial charge in [-0.3, -0.25) is 4.79 Å². The van der Waals surface area contributed by atoms with Gasteiger partial charge in [0.15, 0.2) is 0 Å². The number of carbonyl (C=O) groups is 1. The Morgan fingerprint density at radius 3 is 2.42 bits per heavy atom. The second-order valence-electron chi connectivity index (χ2n) is 5.93. The van der Waals surface area contributed by atoms with Crippen molar-refractivity contribution in [1.82, 2.24) is 5.32 Å². The zero-order valence-electron chi connectivity index (χ0n) is 14.2. The van der Waals surface area contributed by atoms with Gasteiger partial charge in [0.05, 0.1) is 11.3 Å². The first kappa shape index (κ1) is 19.2. The largest absolute Gasteiger partial charge is 0.349 e. The maximum atomic E-state index is 12.5. The number of aryl methyl sites for hydroxylation is 2. The molecular formula is C19H21Cl2NOS. The normalized spacial score (nSPS) is 13.4. The van der Waals surface area contributed by atoms with Crippen LogP contribution >= 0.6 is 35.0 Å². The molecule has 2 aromatic rings. The van der Waals surface area contributed by atoms with Gasteiger partial charge in [-0.1, -0.05) is 47.0 Å². The van der Waals surface area contributed by atoms with Gasteiger partial charge in [0, 0.05) is 14.9 Å². The molecule has 0 unspecified atom stereocenters. The Labute approximate surface area is 157 Å². The fourth-order valence-corrected chi connectivity index (χ4v) is 3.96. The Morgan fingerprint density at radius 1 is 1.08 bits per heavy atom. The molecule has 0 aliphatic carbocycles. The summed E-state index contributed by atoms with van der Waals surface area (Å²) >= 11 is 13.7. The maximum absolute atomic E-state index is 12.5. The zero-order chi connectivity index (χ0) is 17.9. The second-order valence-corrected chi connectivity index (χ2v) is 8.15. The first-order valence-corrected chi connectivity index (χ1v) is 9.40. The summed E-state index contributed by atoms with van der Waals surface area (Å²) in [6.45, 7) is 7.96. The number of nitrogens with one attached hydrogen (secondary N) is 1. The zero-order valence-corrected chi connectivity index (χ0v) is 16.5. The SMILES string of the molecule is Cc1ccc(S[C@H](C)C(=O)N[C@H](C)c2ccc(Cl)cc2Cl)c(C)c1. The number of carbonyl (C=O) groups excluding carboxylic acids is 1. The predicted molar refractivity (Wildman–Crippen MR) is 104 cm³/mol. The van der Waals surface area contributed by atoms with E-state index in [1.165, 1.54) is 11.1 Å². The van der Waals surface area contributed by atoms with Crippen LogP contribution in [-0.2, 0) is 4.79 Å². The highest BCUT2D eigenvalue weighted by Gasteiger charge is 2.19. The molecule has 128 valence electrons. The Kier molecular flexibility index (Phi) is 6.62. The van der Waals surface area contributed by atoms with Crippen LogP contribution in [0.15, 0.2) is 41.3 Å². The molecule has 24 heavy (non-hydrogen) atoms. The van der Waals surface area contributed by atoms with E-state index < -0.39 is 0 Å². The molecule has 0 fully saturated rings. The number of amides is 1. The van der Waals surface area contributed by atoms with Crippen LogP contribution in [0.4, 0.5) is 0 Å². The van der Waals surface area contributed by atoms with E-state index in [9.17, 15) is 4.79 Å². The Bertz CT molecular complexity index is 748. The van der Waals surface area contributed by atoms with E-state index in [1.54, 1.807) is 23.9 Å². The minimum Gasteiger partial charge on any atom is -0.349 e. The molecular weight excluding hydrogens is 361 g/mol. The van der Waals surface area contributed by atoms with E-state index >= 15 is 0 Å². The van der Waals surface area contributed by atoms with Crippen molar-refractivity contribution in [2.75, 3.05) is 0 Å². The highest BCUT2D eigenvalue weighted by molar-refractivity contribution is 8.00. The number of benzene rings is 2. The van der Waals surface area contributed by atoms with Gasteiger partial charge in [-0.25, -0.2) is 0 Å². The third-order valence-corrected chi connectivity index (χ3v) is 5.63. The van der Waals surface area contributed by atoms with Crippen molar-refractivity contribution < 1.29 is 4.79 Å². The quantitative estimate of drug-likeness (QED) is 0.646. The molecule has 0 aliphatic heterocycles. The van der Waals surface area contributed by atoms with Crippen LogP contribution in [0.1, 0.15) is 36.6 Å². The summed E-state index contributed by atoms with van der Waals surface area (Å²) in [5.41, 5.74) is 3.27. The van der Waals surface area contributed by atoms with E-state index in [2.05, 4.69) is 37.4 Å². The Balaban J connectivity index is 2.02. The van der Waals surface area contributed by atoms with Gasteiger partial charge in [-0.05, 0) is 57.0 Å². The van der Waals surface area contributed by atoms with Gasteiger partial charge in [-0.15, -0.1) is 11.8 Å². The van der Waals surface area contributed by atoms with E-state index in [0.29, 0.717) is 10.0 Å². The van der Waals surface area contributed by atoms with Crippen molar-refractivity contribution >= 4 is 40.9 Å². The molecule has 0 saturated carbocycles. The van der Waals surface area contributed by atoms with Crippen LogP contribution in [0.25, 0.3) is 0 Å². The van der Waals surface area contributed by atoms with Crippen LogP contribution in [-0.4, -0.2) is 11.2 Å². The van der Waals surface area contributed by atoms with E-state index in [-0.39, 0.29) is 17.2 Å². The summed E-state index contributed by atoms with van der Waals surface area (Å²) in [6.07, 6.45) is 0. The number of hydrogen-bond acceptors (Lipinski definition) is 2. The van der Waals surface area contributed by atoms with Crippen LogP contribution in [0, 0.1) is 13.8 Å². The number of hydrogen-bond donors (Lipinski definition) is 1. The van der Waals surface area contributed by atoms with Gasteiger partial charge in [-0.2, -0.15) is 0 Å². The average Bonchev–Trinajstić information content (AvgIpc) is 2.49. The van der Waals surface area contributed by atoms with Crippen LogP contribution < -0.4 is 5.32 Å². The third kappa shape index (κ3) is 4.92. The second kappa shape index (κ2) is 8.28. The van der Waals surface area contributed by atoms with Gasteiger partial charge < -0.3 is 5.32 Å². The van der Waals surface area contributed by atoms with E-state index in [4.69, 9.17) is 23.2 Å². The maximum Gasteiger partial charge on any atom is 0.233 e. The molecule has 2 nitrogen and oxygen atoms in total. The molecule has 0 radical (unpaired) electrons. The molecule has 0 aromatic heterocycles. The Hall–Kier alpha value is -1.16. The summed E-state index contributed by atoms with van der Waals surface area (Å²) in [7, 11) is 0. The van der Waals surface area contributed by atoms with Gasteiger partial charge in [0.25, 0.3) is 0 Å². The molecule has 1 N–H and O–H groups in total. The summed E-state index contributed by atoms with van der Waals surface area (Å²) in [4.78, 5) is 13.6. The minimum atomic E-state index is -0.195. The molecule has 5 heteroatoms. The number of rotatable bonds is 5. The molecule has 0 heterocycles. The van der Waals surface area contributed by atoms with Crippen molar-refractivity contribution in [2.24, 2.45) is 0 Å². The van der Waals surface area contributed by atoms with Crippen LogP contribution in [0.3, 0.4) is 0 Å². The third-order valence-electron chi connectivity index (χ3n) is 3.79. The number of halogens is 2. The smallest absolute Gasteiger partial charge is 0.233 e. The van der Waals surface area contributed by atoms with E-state index in [0.717, 1.165) is 10.5 Å². The van der Waals surface area contributed by atoms with Gasteiger partial charge in [0.1, 0.15) is 0 Å². The molecule has 0 aliphatic rings. The standard InChI is InChI=1S/C19H21Cl2NOS/c1-11-5-8-18(12(2)9-11)24-14(4)19(23)22-13(3)16-7-6-15(20)10-17(16)21/h5-10,13-14H,1-4H3,(H,22,23)/t13-,14-/m1/s1. The van der Waals surface area contributed by atoms with Gasteiger partial charge >= 0.3 is 0 Å². The monoisotopic (exact) mass is 381 g/mol. The fraction of sp³-hybridized carbons (Fsp3) is 0.316. The van der Waals surface area contributed by atoms with E-state index in [1.807, 2.05) is 19.9 Å². The predicted octanol–water partition coefficient (Wildman–Crippen LogP) is 5.97. The summed E-state index contributed by atoms with van der Waals surface area (Å²) in [5.74, 6) is -0.0153. The lowest BCUT2D eigenvalue weighted by Gasteiger charge is -2.19. The lowest BCUT2D eigenvalue weighted by atomic mass is 10.1. The van der Waals surface area contributed by atoms with Crippen molar-refractivity contribution in [1.29, 1.82) is 0 Å². The molecule has 1 amide bonds. The summed E-state index contributed by atoms with van der Waals surface area (Å²) in [5, 5.41) is 3.97. The summed E-state index contributed by atoms with van der Waals surface area (Å²) in [6, 6.07) is 11.4. The van der Waals surface area contributed by atoms with Crippen molar-refractivity contribution in [3.05, 3.63) is 63.1 Å². The highest BCUT2D eigenvalue weighted by atomic mass is 35.5. The first-order valence-electron chi connectivity index (χ1n) is 7.77. The van der Waals surface area contributed by atoms with Crippen molar-refractivity contribution in [2.45, 2.75) is 43.9 Å². The topological polar surface area (TPSA) is 29.1 Å². The molecule has 2 rings (SSSR count). The lowest BCUT2D eigenvalue weighted by Crippen LogP contribution is -2.33. The number of thioether (sulfide) groups is 1. The van der Waals surface area contributed by atoms with Gasteiger partial charge in [0.2, 0.25) is 5.91 Å². The fourth-order valence-electron chi connectivity index (χ4n) is 2.44. The molecule has 0 bridgehead atoms. The Morgan fingerprint density at radius 2 is 1.79 bits per heavy atom. The van der Waals surface area contributed by atoms with Crippen LogP contribution in [0.2, 0.25) is 10.0 Å². The average molecular weight is 382 g/mol. The molecule has 2 atom stereocenters. The summed E-state index contributed by atoms with van der Waals surface area (Å²) < 4.78 is 0. The molecule has 0 spiro atoms. The van der Waals surface area contributed by atoms with Crippen LogP contribution in [0.5, 0.6) is 0 Å². The minimum absolute atomic E-state index is 0.0153. The van der Waals surface area contributed by atoms with Crippen molar-refractivity contribution in [3.8, 4) is 0 Å². The van der Waals surface area contributed by atoms with Crippen molar-refractivity contribution in [3.63, 3.8) is 0 Å².